The van der Waals surface area contributed by atoms with E-state index in [9.17, 15) is 22.8 Å². The zero-order chi connectivity index (χ0) is 21.2. The van der Waals surface area contributed by atoms with E-state index in [1.54, 1.807) is 11.6 Å². The Kier molecular flexibility index (Phi) is 6.40. The highest BCUT2D eigenvalue weighted by molar-refractivity contribution is 7.99. The number of hydrogen-bond acceptors (Lipinski definition) is 4. The topological polar surface area (TPSA) is 67.2 Å². The summed E-state index contributed by atoms with van der Waals surface area (Å²) in [7, 11) is 1.56. The SMILES string of the molecule is CCCn1c(SCC(=O)N(C)CC(=O)NC2CC2)nc2ccc(C(F)(F)F)cc21. The molecule has 6 nitrogen and oxygen atoms in total. The standard InChI is InChI=1S/C19H23F3N4O2S/c1-3-8-26-15-9-12(19(20,21)22)4-7-14(15)24-18(26)29-11-17(28)25(2)10-16(27)23-13-5-6-13/h4,7,9,13H,3,5-6,8,10-11H2,1-2H3,(H,23,27). The first-order chi connectivity index (χ1) is 13.7. The van der Waals surface area contributed by atoms with Crippen LogP contribution < -0.4 is 5.32 Å². The summed E-state index contributed by atoms with van der Waals surface area (Å²) < 4.78 is 40.9. The lowest BCUT2D eigenvalue weighted by Crippen LogP contribution is -2.39. The molecule has 1 N–H and O–H groups in total. The third-order valence-electron chi connectivity index (χ3n) is 4.56. The summed E-state index contributed by atoms with van der Waals surface area (Å²) in [6.07, 6.45) is -1.76. The van der Waals surface area contributed by atoms with Crippen LogP contribution in [0, 0.1) is 0 Å². The fourth-order valence-corrected chi connectivity index (χ4v) is 3.85. The first-order valence-electron chi connectivity index (χ1n) is 9.42. The van der Waals surface area contributed by atoms with E-state index in [2.05, 4.69) is 10.3 Å². The van der Waals surface area contributed by atoms with Crippen LogP contribution in [0.3, 0.4) is 0 Å². The molecule has 0 spiro atoms. The first-order valence-corrected chi connectivity index (χ1v) is 10.4. The van der Waals surface area contributed by atoms with Gasteiger partial charge in [0.15, 0.2) is 5.16 Å². The van der Waals surface area contributed by atoms with Gasteiger partial charge in [-0.15, -0.1) is 0 Å². The highest BCUT2D eigenvalue weighted by Crippen LogP contribution is 2.33. The number of aromatic nitrogens is 2. The normalized spacial score (nSPS) is 14.2. The number of imidazole rings is 1. The van der Waals surface area contributed by atoms with Crippen LogP contribution in [0.4, 0.5) is 13.2 Å². The number of likely N-dealkylation sites (N-methyl/N-ethyl adjacent to an activating group) is 1. The van der Waals surface area contributed by atoms with Gasteiger partial charge in [0.05, 0.1) is 28.9 Å². The molecule has 0 aliphatic heterocycles. The number of benzene rings is 1. The predicted molar refractivity (Wildman–Crippen MR) is 105 cm³/mol. The van der Waals surface area contributed by atoms with Gasteiger partial charge < -0.3 is 14.8 Å². The van der Waals surface area contributed by atoms with Crippen molar-refractivity contribution in [2.45, 2.75) is 50.1 Å². The number of halogens is 3. The largest absolute Gasteiger partial charge is 0.416 e. The molecule has 1 saturated carbocycles. The Bertz CT molecular complexity index is 909. The number of amides is 2. The van der Waals surface area contributed by atoms with Crippen molar-refractivity contribution < 1.29 is 22.8 Å². The summed E-state index contributed by atoms with van der Waals surface area (Å²) in [6, 6.07) is 3.69. The van der Waals surface area contributed by atoms with Crippen LogP contribution in [0.15, 0.2) is 23.4 Å². The molecule has 29 heavy (non-hydrogen) atoms. The van der Waals surface area contributed by atoms with Crippen molar-refractivity contribution in [2.24, 2.45) is 0 Å². The van der Waals surface area contributed by atoms with Crippen molar-refractivity contribution in [3.63, 3.8) is 0 Å². The minimum absolute atomic E-state index is 0.0176. The molecular weight excluding hydrogens is 405 g/mol. The number of fused-ring (bicyclic) bond motifs is 1. The number of carbonyl (C=O) groups is 2. The molecule has 2 aromatic rings. The molecule has 0 unspecified atom stereocenters. The van der Waals surface area contributed by atoms with Gasteiger partial charge in [-0.25, -0.2) is 4.98 Å². The van der Waals surface area contributed by atoms with Crippen molar-refractivity contribution in [2.75, 3.05) is 19.3 Å². The highest BCUT2D eigenvalue weighted by Gasteiger charge is 2.31. The molecule has 0 bridgehead atoms. The van der Waals surface area contributed by atoms with Gasteiger partial charge in [-0.3, -0.25) is 9.59 Å². The molecular formula is C19H23F3N4O2S. The van der Waals surface area contributed by atoms with E-state index in [-0.39, 0.29) is 30.2 Å². The number of nitrogens with one attached hydrogen (secondary N) is 1. The Hall–Kier alpha value is -2.23. The molecule has 1 aliphatic carbocycles. The Labute approximate surface area is 170 Å². The van der Waals surface area contributed by atoms with E-state index in [4.69, 9.17) is 0 Å². The van der Waals surface area contributed by atoms with Crippen LogP contribution >= 0.6 is 11.8 Å². The van der Waals surface area contributed by atoms with Crippen LogP contribution in [0.25, 0.3) is 11.0 Å². The van der Waals surface area contributed by atoms with Crippen molar-refractivity contribution in [1.82, 2.24) is 19.8 Å². The molecule has 1 heterocycles. The number of nitrogens with zero attached hydrogens (tertiary/aromatic N) is 3. The third-order valence-corrected chi connectivity index (χ3v) is 5.52. The number of alkyl halides is 3. The number of rotatable bonds is 8. The molecule has 0 saturated heterocycles. The van der Waals surface area contributed by atoms with Gasteiger partial charge in [-0.05, 0) is 37.5 Å². The molecule has 0 radical (unpaired) electrons. The summed E-state index contributed by atoms with van der Waals surface area (Å²) in [4.78, 5) is 29.9. The Morgan fingerprint density at radius 3 is 2.69 bits per heavy atom. The lowest BCUT2D eigenvalue weighted by molar-refractivity contribution is -0.137. The van der Waals surface area contributed by atoms with E-state index in [0.29, 0.717) is 29.2 Å². The van der Waals surface area contributed by atoms with Crippen molar-refractivity contribution in [1.29, 1.82) is 0 Å². The van der Waals surface area contributed by atoms with Crippen molar-refractivity contribution >= 4 is 34.6 Å². The molecule has 10 heteroatoms. The average molecular weight is 428 g/mol. The van der Waals surface area contributed by atoms with E-state index >= 15 is 0 Å². The predicted octanol–water partition coefficient (Wildman–Crippen LogP) is 3.29. The van der Waals surface area contributed by atoms with E-state index in [1.165, 1.54) is 11.0 Å². The molecule has 1 fully saturated rings. The summed E-state index contributed by atoms with van der Waals surface area (Å²) >= 11 is 1.16. The van der Waals surface area contributed by atoms with Crippen LogP contribution in [0.2, 0.25) is 0 Å². The zero-order valence-corrected chi connectivity index (χ0v) is 17.1. The lowest BCUT2D eigenvalue weighted by Gasteiger charge is -2.16. The van der Waals surface area contributed by atoms with E-state index < -0.39 is 11.7 Å². The van der Waals surface area contributed by atoms with Gasteiger partial charge in [-0.2, -0.15) is 13.2 Å². The Balaban J connectivity index is 1.70. The molecule has 1 aromatic carbocycles. The first kappa shape index (κ1) is 21.5. The second kappa shape index (κ2) is 8.64. The molecule has 158 valence electrons. The summed E-state index contributed by atoms with van der Waals surface area (Å²) in [5.41, 5.74) is 0.128. The maximum absolute atomic E-state index is 13.1. The van der Waals surface area contributed by atoms with Crippen molar-refractivity contribution in [3.8, 4) is 0 Å². The Morgan fingerprint density at radius 1 is 1.34 bits per heavy atom. The van der Waals surface area contributed by atoms with Gasteiger partial charge in [-0.1, -0.05) is 18.7 Å². The minimum Gasteiger partial charge on any atom is -0.352 e. The molecule has 2 amide bonds. The van der Waals surface area contributed by atoms with Gasteiger partial charge in [0.1, 0.15) is 0 Å². The number of thioether (sulfide) groups is 1. The van der Waals surface area contributed by atoms with Gasteiger partial charge in [0, 0.05) is 19.6 Å². The summed E-state index contributed by atoms with van der Waals surface area (Å²) in [5.74, 6) is -0.384. The smallest absolute Gasteiger partial charge is 0.352 e. The van der Waals surface area contributed by atoms with Gasteiger partial charge in [0.25, 0.3) is 0 Å². The summed E-state index contributed by atoms with van der Waals surface area (Å²) in [5, 5.41) is 3.32. The number of hydrogen-bond donors (Lipinski definition) is 1. The number of aryl methyl sites for hydroxylation is 1. The molecule has 3 rings (SSSR count). The van der Waals surface area contributed by atoms with Crippen LogP contribution in [-0.2, 0) is 22.3 Å². The van der Waals surface area contributed by atoms with Crippen LogP contribution in [0.1, 0.15) is 31.7 Å². The van der Waals surface area contributed by atoms with E-state index in [1.807, 2.05) is 6.92 Å². The molecule has 1 aromatic heterocycles. The minimum atomic E-state index is -4.43. The second-order valence-electron chi connectivity index (χ2n) is 7.13. The number of carbonyl (C=O) groups excluding carboxylic acids is 2. The van der Waals surface area contributed by atoms with Crippen molar-refractivity contribution in [3.05, 3.63) is 23.8 Å². The molecule has 1 aliphatic rings. The monoisotopic (exact) mass is 428 g/mol. The second-order valence-corrected chi connectivity index (χ2v) is 8.07. The highest BCUT2D eigenvalue weighted by atomic mass is 32.2. The summed E-state index contributed by atoms with van der Waals surface area (Å²) in [6.45, 7) is 2.40. The zero-order valence-electron chi connectivity index (χ0n) is 16.3. The fourth-order valence-electron chi connectivity index (χ4n) is 2.87. The average Bonchev–Trinajstić information content (AvgIpc) is 3.39. The van der Waals surface area contributed by atoms with Gasteiger partial charge in [0.2, 0.25) is 11.8 Å². The van der Waals surface area contributed by atoms with Gasteiger partial charge >= 0.3 is 6.18 Å². The third kappa shape index (κ3) is 5.43. The quantitative estimate of drug-likeness (QED) is 0.656. The Morgan fingerprint density at radius 2 is 2.07 bits per heavy atom. The maximum Gasteiger partial charge on any atom is 0.416 e. The van der Waals surface area contributed by atoms with Crippen LogP contribution in [-0.4, -0.2) is 51.7 Å². The van der Waals surface area contributed by atoms with Crippen LogP contribution in [0.5, 0.6) is 0 Å². The lowest BCUT2D eigenvalue weighted by atomic mass is 10.2. The van der Waals surface area contributed by atoms with E-state index in [0.717, 1.165) is 36.7 Å². The fraction of sp³-hybridized carbons (Fsp3) is 0.526. The molecule has 0 atom stereocenters. The maximum atomic E-state index is 13.1.